The van der Waals surface area contributed by atoms with Gasteiger partial charge in [-0.1, -0.05) is 0 Å². The minimum absolute atomic E-state index is 0.000822. The number of amides is 2. The second-order valence-corrected chi connectivity index (χ2v) is 7.11. The largest absolute Gasteiger partial charge is 0.335 e. The fraction of sp³-hybridized carbons (Fsp3) is 0.867. The van der Waals surface area contributed by atoms with Crippen molar-refractivity contribution in [3.63, 3.8) is 0 Å². The Labute approximate surface area is 131 Å². The van der Waals surface area contributed by atoms with Gasteiger partial charge in [-0.2, -0.15) is 5.26 Å². The molecule has 2 saturated heterocycles. The van der Waals surface area contributed by atoms with Crippen molar-refractivity contribution < 1.29 is 4.79 Å². The molecule has 2 amide bonds. The first-order chi connectivity index (χ1) is 10.1. The number of fused-ring (bicyclic) bond motifs is 3. The van der Waals surface area contributed by atoms with E-state index in [1.807, 2.05) is 11.8 Å². The Kier molecular flexibility index (Phi) is 4.28. The zero-order chi connectivity index (χ0) is 15.0. The van der Waals surface area contributed by atoms with Crippen molar-refractivity contribution in [1.29, 1.82) is 5.26 Å². The second kappa shape index (κ2) is 6.02. The van der Waals surface area contributed by atoms with Gasteiger partial charge < -0.3 is 10.2 Å². The quantitative estimate of drug-likeness (QED) is 0.727. The lowest BCUT2D eigenvalue weighted by Crippen LogP contribution is -2.58. The van der Waals surface area contributed by atoms with Crippen molar-refractivity contribution in [2.75, 3.05) is 13.1 Å². The Balaban J connectivity index is 1.88. The van der Waals surface area contributed by atoms with Crippen LogP contribution in [0, 0.1) is 29.1 Å². The number of rotatable bonds is 1. The lowest BCUT2D eigenvalue weighted by atomic mass is 9.70. The van der Waals surface area contributed by atoms with Crippen LogP contribution >= 0.6 is 11.6 Å². The Morgan fingerprint density at radius 3 is 2.90 bits per heavy atom. The van der Waals surface area contributed by atoms with Crippen LogP contribution in [0.4, 0.5) is 4.79 Å². The number of urea groups is 1. The number of hydrogen-bond acceptors (Lipinski definition) is 3. The van der Waals surface area contributed by atoms with Gasteiger partial charge in [-0.25, -0.2) is 4.79 Å². The third kappa shape index (κ3) is 2.72. The highest BCUT2D eigenvalue weighted by molar-refractivity contribution is 6.20. The predicted octanol–water partition coefficient (Wildman–Crippen LogP) is 1.88. The smallest absolute Gasteiger partial charge is 0.318 e. The summed E-state index contributed by atoms with van der Waals surface area (Å²) in [6, 6.07) is 2.49. The molecule has 1 aliphatic carbocycles. The molecular formula is C15H23ClN4O. The summed E-state index contributed by atoms with van der Waals surface area (Å²) in [5, 5.41) is 16.0. The van der Waals surface area contributed by atoms with E-state index < -0.39 is 0 Å². The number of nitrogens with zero attached hydrogens (tertiary/aromatic N) is 2. The molecule has 0 aromatic rings. The second-order valence-electron chi connectivity index (χ2n) is 6.49. The van der Waals surface area contributed by atoms with Crippen LogP contribution in [0.3, 0.4) is 0 Å². The van der Waals surface area contributed by atoms with E-state index >= 15 is 0 Å². The highest BCUT2D eigenvalue weighted by Gasteiger charge is 2.47. The molecule has 3 fully saturated rings. The van der Waals surface area contributed by atoms with Crippen LogP contribution in [0.2, 0.25) is 0 Å². The lowest BCUT2D eigenvalue weighted by Gasteiger charge is -2.44. The maximum absolute atomic E-state index is 12.5. The van der Waals surface area contributed by atoms with Gasteiger partial charge in [-0.05, 0) is 44.4 Å². The Hall–Kier alpha value is -0.990. The van der Waals surface area contributed by atoms with Crippen molar-refractivity contribution in [3.8, 4) is 6.07 Å². The van der Waals surface area contributed by atoms with Crippen molar-refractivity contribution in [2.24, 2.45) is 17.8 Å². The number of halogens is 1. The van der Waals surface area contributed by atoms with Gasteiger partial charge in [0.25, 0.3) is 0 Å². The molecule has 6 heteroatoms. The lowest BCUT2D eigenvalue weighted by molar-refractivity contribution is 0.0774. The minimum atomic E-state index is -0.000822. The molecular weight excluding hydrogens is 288 g/mol. The normalized spacial score (nSPS) is 43.1. The monoisotopic (exact) mass is 310 g/mol. The van der Waals surface area contributed by atoms with Crippen LogP contribution in [0.15, 0.2) is 0 Å². The summed E-state index contributed by atoms with van der Waals surface area (Å²) in [5.41, 5.74) is 0. The topological polar surface area (TPSA) is 68.2 Å². The van der Waals surface area contributed by atoms with E-state index in [0.717, 1.165) is 32.2 Å². The van der Waals surface area contributed by atoms with E-state index in [4.69, 9.17) is 11.6 Å². The van der Waals surface area contributed by atoms with Gasteiger partial charge in [0.1, 0.15) is 0 Å². The summed E-state index contributed by atoms with van der Waals surface area (Å²) in [6.07, 6.45) is 3.76. The number of hydrogen-bond donors (Lipinski definition) is 2. The highest BCUT2D eigenvalue weighted by atomic mass is 35.5. The van der Waals surface area contributed by atoms with Crippen LogP contribution < -0.4 is 10.6 Å². The van der Waals surface area contributed by atoms with Crippen molar-refractivity contribution in [1.82, 2.24) is 15.5 Å². The van der Waals surface area contributed by atoms with Crippen LogP contribution in [-0.2, 0) is 0 Å². The summed E-state index contributed by atoms with van der Waals surface area (Å²) < 4.78 is 0. The average Bonchev–Trinajstić information content (AvgIpc) is 2.60. The summed E-state index contributed by atoms with van der Waals surface area (Å²) >= 11 is 6.37. The first-order valence-corrected chi connectivity index (χ1v) is 8.41. The number of piperidine rings is 1. The van der Waals surface area contributed by atoms with Gasteiger partial charge in [0, 0.05) is 30.4 Å². The van der Waals surface area contributed by atoms with Crippen molar-refractivity contribution >= 4 is 17.6 Å². The fourth-order valence-corrected chi connectivity index (χ4v) is 4.65. The van der Waals surface area contributed by atoms with Gasteiger partial charge in [0.05, 0.1) is 12.2 Å². The van der Waals surface area contributed by atoms with Crippen molar-refractivity contribution in [3.05, 3.63) is 0 Å². The number of nitrogens with one attached hydrogen (secondary N) is 2. The van der Waals surface area contributed by atoms with E-state index in [1.54, 1.807) is 0 Å². The maximum atomic E-state index is 12.5. The van der Waals surface area contributed by atoms with Gasteiger partial charge in [-0.3, -0.25) is 5.32 Å². The highest BCUT2D eigenvalue weighted by Crippen LogP contribution is 2.41. The summed E-state index contributed by atoms with van der Waals surface area (Å²) in [5.74, 6) is 0.875. The van der Waals surface area contributed by atoms with Crippen LogP contribution in [-0.4, -0.2) is 41.6 Å². The van der Waals surface area contributed by atoms with E-state index in [2.05, 4.69) is 16.7 Å². The maximum Gasteiger partial charge on any atom is 0.318 e. The summed E-state index contributed by atoms with van der Waals surface area (Å²) in [6.45, 7) is 3.46. The summed E-state index contributed by atoms with van der Waals surface area (Å²) in [4.78, 5) is 14.4. The average molecular weight is 311 g/mol. The zero-order valence-electron chi connectivity index (χ0n) is 12.4. The minimum Gasteiger partial charge on any atom is -0.335 e. The first-order valence-electron chi connectivity index (χ1n) is 7.98. The number of nitriles is 1. The molecule has 0 spiro atoms. The van der Waals surface area contributed by atoms with Crippen LogP contribution in [0.25, 0.3) is 0 Å². The van der Waals surface area contributed by atoms with Gasteiger partial charge in [0.2, 0.25) is 0 Å². The zero-order valence-corrected chi connectivity index (χ0v) is 13.1. The van der Waals surface area contributed by atoms with Crippen molar-refractivity contribution in [2.45, 2.75) is 50.2 Å². The predicted molar refractivity (Wildman–Crippen MR) is 80.7 cm³/mol. The van der Waals surface area contributed by atoms with Gasteiger partial charge in [-0.15, -0.1) is 11.6 Å². The molecule has 3 rings (SSSR count). The molecule has 2 heterocycles. The third-order valence-corrected chi connectivity index (χ3v) is 5.70. The number of alkyl halides is 1. The van der Waals surface area contributed by atoms with Crippen LogP contribution in [0.1, 0.15) is 32.6 Å². The molecule has 3 aliphatic rings. The molecule has 5 nitrogen and oxygen atoms in total. The Bertz CT molecular complexity index is 451. The first kappa shape index (κ1) is 14.9. The van der Waals surface area contributed by atoms with Gasteiger partial charge in [0.15, 0.2) is 0 Å². The summed E-state index contributed by atoms with van der Waals surface area (Å²) in [7, 11) is 0. The molecule has 21 heavy (non-hydrogen) atoms. The van der Waals surface area contributed by atoms with Gasteiger partial charge >= 0.3 is 6.03 Å². The third-order valence-electron chi connectivity index (χ3n) is 5.36. The molecule has 2 N–H and O–H groups in total. The van der Waals surface area contributed by atoms with E-state index in [0.29, 0.717) is 18.4 Å². The molecule has 0 aromatic heterocycles. The molecule has 0 bridgehead atoms. The van der Waals surface area contributed by atoms with E-state index in [9.17, 15) is 10.1 Å². The fourth-order valence-electron chi connectivity index (χ4n) is 4.36. The van der Waals surface area contributed by atoms with Crippen LogP contribution in [0.5, 0.6) is 0 Å². The molecule has 0 radical (unpaired) electrons. The molecule has 116 valence electrons. The molecule has 0 aromatic carbocycles. The Morgan fingerprint density at radius 2 is 2.19 bits per heavy atom. The molecule has 1 saturated carbocycles. The number of carbonyl (C=O) groups excluding carboxylic acids is 1. The Morgan fingerprint density at radius 1 is 1.38 bits per heavy atom. The standard InChI is InChI=1S/C15H23ClN4O/c1-2-20-14-12(6-10(16)8-18-14)11-4-3-9(7-17)5-13(11)19-15(20)21/h9-14,18H,2-6,8H2,1H3,(H,19,21). The van der Waals surface area contributed by atoms with E-state index in [1.165, 1.54) is 0 Å². The SMILES string of the molecule is CCN1C(=O)NC2CC(C#N)CCC2C2CC(Cl)CNC21. The molecule has 6 unspecified atom stereocenters. The molecule has 2 aliphatic heterocycles. The van der Waals surface area contributed by atoms with E-state index in [-0.39, 0.29) is 29.5 Å². The molecule has 6 atom stereocenters. The number of carbonyl (C=O) groups is 1.